The van der Waals surface area contributed by atoms with Crippen LogP contribution in [0, 0.1) is 11.6 Å². The fraction of sp³-hybridized carbons (Fsp3) is 0.571. The van der Waals surface area contributed by atoms with Gasteiger partial charge in [0, 0.05) is 18.7 Å². The highest BCUT2D eigenvalue weighted by atomic mass is 19.1. The molecule has 1 aromatic rings. The number of hydrogen-bond acceptors (Lipinski definition) is 2. The first-order valence-electron chi connectivity index (χ1n) is 6.42. The summed E-state index contributed by atoms with van der Waals surface area (Å²) in [4.78, 5) is 0. The van der Waals surface area contributed by atoms with E-state index in [9.17, 15) is 8.78 Å². The van der Waals surface area contributed by atoms with Crippen LogP contribution in [0.1, 0.15) is 25.8 Å². The van der Waals surface area contributed by atoms with Crippen LogP contribution >= 0.6 is 0 Å². The van der Waals surface area contributed by atoms with Crippen molar-refractivity contribution < 1.29 is 13.5 Å². The topological polar surface area (TPSA) is 21.3 Å². The highest BCUT2D eigenvalue weighted by Gasteiger charge is 2.12. The monoisotopic (exact) mass is 257 g/mol. The lowest BCUT2D eigenvalue weighted by atomic mass is 10.1. The van der Waals surface area contributed by atoms with Crippen molar-refractivity contribution in [3.8, 4) is 0 Å². The minimum Gasteiger partial charge on any atom is -0.380 e. The number of hydrogen-bond donors (Lipinski definition) is 1. The van der Waals surface area contributed by atoms with Crippen LogP contribution in [0.5, 0.6) is 0 Å². The highest BCUT2D eigenvalue weighted by Crippen LogP contribution is 2.12. The summed E-state index contributed by atoms with van der Waals surface area (Å²) >= 11 is 0. The quantitative estimate of drug-likeness (QED) is 0.723. The number of ether oxygens (including phenoxy) is 1. The molecule has 0 radical (unpaired) electrons. The molecule has 0 saturated carbocycles. The molecule has 1 atom stereocenters. The lowest BCUT2D eigenvalue weighted by molar-refractivity contribution is 0.112. The zero-order valence-corrected chi connectivity index (χ0v) is 11.0. The van der Waals surface area contributed by atoms with Gasteiger partial charge in [0.25, 0.3) is 0 Å². The summed E-state index contributed by atoms with van der Waals surface area (Å²) in [5, 5.41) is 3.25. The van der Waals surface area contributed by atoms with Crippen molar-refractivity contribution in [3.63, 3.8) is 0 Å². The molecule has 0 fully saturated rings. The van der Waals surface area contributed by atoms with E-state index in [0.29, 0.717) is 25.2 Å². The molecular formula is C14H21F2NO. The second-order valence-corrected chi connectivity index (χ2v) is 4.27. The van der Waals surface area contributed by atoms with Crippen LogP contribution in [-0.2, 0) is 11.2 Å². The summed E-state index contributed by atoms with van der Waals surface area (Å²) in [5.41, 5.74) is 0.516. The van der Waals surface area contributed by atoms with Gasteiger partial charge >= 0.3 is 0 Å². The molecule has 0 aliphatic carbocycles. The highest BCUT2D eigenvalue weighted by molar-refractivity contribution is 5.19. The number of likely N-dealkylation sites (N-methyl/N-ethyl adjacent to an activating group) is 1. The molecule has 1 rings (SSSR count). The Balaban J connectivity index is 2.58. The molecule has 0 saturated heterocycles. The molecule has 0 spiro atoms. The molecule has 1 unspecified atom stereocenters. The van der Waals surface area contributed by atoms with Crippen molar-refractivity contribution in [1.29, 1.82) is 0 Å². The molecular weight excluding hydrogens is 236 g/mol. The lowest BCUT2D eigenvalue weighted by Crippen LogP contribution is -2.35. The summed E-state index contributed by atoms with van der Waals surface area (Å²) in [5.74, 6) is -1.04. The molecule has 18 heavy (non-hydrogen) atoms. The second-order valence-electron chi connectivity index (χ2n) is 4.27. The maximum absolute atomic E-state index is 13.5. The van der Waals surface area contributed by atoms with Gasteiger partial charge in [-0.2, -0.15) is 0 Å². The Labute approximate surface area is 107 Å². The number of halogens is 2. The van der Waals surface area contributed by atoms with Crippen molar-refractivity contribution in [3.05, 3.63) is 35.4 Å². The van der Waals surface area contributed by atoms with Crippen LogP contribution < -0.4 is 5.32 Å². The van der Waals surface area contributed by atoms with E-state index in [1.54, 1.807) is 0 Å². The van der Waals surface area contributed by atoms with Crippen LogP contribution in [-0.4, -0.2) is 25.8 Å². The third kappa shape index (κ3) is 5.10. The molecule has 0 bridgehead atoms. The van der Waals surface area contributed by atoms with Gasteiger partial charge in [0.05, 0.1) is 6.61 Å². The second kappa shape index (κ2) is 8.16. The van der Waals surface area contributed by atoms with E-state index in [1.165, 1.54) is 12.1 Å². The Hall–Kier alpha value is -1.00. The van der Waals surface area contributed by atoms with Gasteiger partial charge in [-0.05, 0) is 31.0 Å². The van der Waals surface area contributed by atoms with E-state index in [1.807, 2.05) is 13.8 Å². The van der Waals surface area contributed by atoms with Crippen molar-refractivity contribution in [2.75, 3.05) is 19.8 Å². The van der Waals surface area contributed by atoms with Gasteiger partial charge in [0.15, 0.2) is 0 Å². The van der Waals surface area contributed by atoms with Crippen molar-refractivity contribution >= 4 is 0 Å². The molecule has 0 amide bonds. The van der Waals surface area contributed by atoms with Gasteiger partial charge in [-0.25, -0.2) is 8.78 Å². The number of rotatable bonds is 8. The SMILES string of the molecule is CCCOCC(Cc1ccc(F)cc1F)NCC. The first-order valence-corrected chi connectivity index (χ1v) is 6.42. The molecule has 1 N–H and O–H groups in total. The Kier molecular flexibility index (Phi) is 6.83. The zero-order chi connectivity index (χ0) is 13.4. The molecule has 102 valence electrons. The molecule has 4 heteroatoms. The van der Waals surface area contributed by atoms with Crippen LogP contribution in [0.25, 0.3) is 0 Å². The molecule has 2 nitrogen and oxygen atoms in total. The van der Waals surface area contributed by atoms with Crippen LogP contribution in [0.2, 0.25) is 0 Å². The minimum atomic E-state index is -0.543. The molecule has 0 aliphatic rings. The Morgan fingerprint density at radius 2 is 2.06 bits per heavy atom. The van der Waals surface area contributed by atoms with Gasteiger partial charge in [-0.15, -0.1) is 0 Å². The predicted octanol–water partition coefficient (Wildman–Crippen LogP) is 2.91. The van der Waals surface area contributed by atoms with Gasteiger partial charge in [-0.1, -0.05) is 19.9 Å². The molecule has 0 aromatic heterocycles. The van der Waals surface area contributed by atoms with Gasteiger partial charge in [0.2, 0.25) is 0 Å². The fourth-order valence-corrected chi connectivity index (χ4v) is 1.80. The Morgan fingerprint density at radius 3 is 2.67 bits per heavy atom. The Bertz CT molecular complexity index is 358. The van der Waals surface area contributed by atoms with Gasteiger partial charge < -0.3 is 10.1 Å². The maximum Gasteiger partial charge on any atom is 0.129 e. The first-order chi connectivity index (χ1) is 8.67. The number of nitrogens with one attached hydrogen (secondary N) is 1. The zero-order valence-electron chi connectivity index (χ0n) is 11.0. The Morgan fingerprint density at radius 1 is 1.28 bits per heavy atom. The van der Waals surface area contributed by atoms with Crippen LogP contribution in [0.4, 0.5) is 8.78 Å². The maximum atomic E-state index is 13.5. The van der Waals surface area contributed by atoms with E-state index in [4.69, 9.17) is 4.74 Å². The van der Waals surface area contributed by atoms with E-state index in [-0.39, 0.29) is 6.04 Å². The predicted molar refractivity (Wildman–Crippen MR) is 68.6 cm³/mol. The van der Waals surface area contributed by atoms with E-state index < -0.39 is 11.6 Å². The molecule has 1 aromatic carbocycles. The molecule has 0 heterocycles. The van der Waals surface area contributed by atoms with Crippen LogP contribution in [0.3, 0.4) is 0 Å². The summed E-state index contributed by atoms with van der Waals surface area (Å²) < 4.78 is 31.8. The van der Waals surface area contributed by atoms with Crippen molar-refractivity contribution in [1.82, 2.24) is 5.32 Å². The third-order valence-corrected chi connectivity index (χ3v) is 2.64. The summed E-state index contributed by atoms with van der Waals surface area (Å²) in [6, 6.07) is 3.76. The first kappa shape index (κ1) is 15.1. The molecule has 0 aliphatic heterocycles. The fourth-order valence-electron chi connectivity index (χ4n) is 1.80. The van der Waals surface area contributed by atoms with Crippen molar-refractivity contribution in [2.24, 2.45) is 0 Å². The summed E-state index contributed by atoms with van der Waals surface area (Å²) in [6.45, 7) is 6.07. The number of benzene rings is 1. The smallest absolute Gasteiger partial charge is 0.129 e. The average Bonchev–Trinajstić information content (AvgIpc) is 2.33. The third-order valence-electron chi connectivity index (χ3n) is 2.64. The van der Waals surface area contributed by atoms with Gasteiger partial charge in [-0.3, -0.25) is 0 Å². The van der Waals surface area contributed by atoms with E-state index >= 15 is 0 Å². The standard InChI is InChI=1S/C14H21F2NO/c1-3-7-18-10-13(17-4-2)8-11-5-6-12(15)9-14(11)16/h5-6,9,13,17H,3-4,7-8,10H2,1-2H3. The van der Waals surface area contributed by atoms with Gasteiger partial charge in [0.1, 0.15) is 11.6 Å². The largest absolute Gasteiger partial charge is 0.380 e. The summed E-state index contributed by atoms with van der Waals surface area (Å²) in [7, 11) is 0. The normalized spacial score (nSPS) is 12.7. The average molecular weight is 257 g/mol. The van der Waals surface area contributed by atoms with Crippen LogP contribution in [0.15, 0.2) is 18.2 Å². The summed E-state index contributed by atoms with van der Waals surface area (Å²) in [6.07, 6.45) is 1.47. The minimum absolute atomic E-state index is 0.0570. The lowest BCUT2D eigenvalue weighted by Gasteiger charge is -2.18. The van der Waals surface area contributed by atoms with Crippen molar-refractivity contribution in [2.45, 2.75) is 32.7 Å². The van der Waals surface area contributed by atoms with E-state index in [2.05, 4.69) is 5.32 Å². The van der Waals surface area contributed by atoms with E-state index in [0.717, 1.165) is 19.0 Å².